The number of fused-ring (bicyclic) bond motifs is 3. The normalized spacial score (nSPS) is 11.4. The highest BCUT2D eigenvalue weighted by atomic mass is 35.5. The fourth-order valence-corrected chi connectivity index (χ4v) is 3.51. The molecule has 0 amide bonds. The zero-order valence-corrected chi connectivity index (χ0v) is 10.5. The second-order valence-electron chi connectivity index (χ2n) is 3.85. The van der Waals surface area contributed by atoms with Crippen molar-refractivity contribution in [2.75, 3.05) is 0 Å². The Bertz CT molecular complexity index is 757. The van der Waals surface area contributed by atoms with Crippen molar-refractivity contribution in [3.05, 3.63) is 35.0 Å². The van der Waals surface area contributed by atoms with E-state index in [1.807, 2.05) is 18.2 Å². The molecule has 0 atom stereocenters. The summed E-state index contributed by atoms with van der Waals surface area (Å²) < 4.78 is 3.77. The van der Waals surface area contributed by atoms with Gasteiger partial charge in [-0.3, -0.25) is 0 Å². The lowest BCUT2D eigenvalue weighted by atomic mass is 10.2. The Balaban J connectivity index is 2.46. The molecule has 0 bridgehead atoms. The van der Waals surface area contributed by atoms with E-state index in [9.17, 15) is 4.79 Å². The van der Waals surface area contributed by atoms with Gasteiger partial charge in [-0.15, -0.1) is 11.3 Å². The number of hydrogen-bond donors (Lipinski definition) is 1. The van der Waals surface area contributed by atoms with Crippen LogP contribution in [0.25, 0.3) is 20.3 Å². The van der Waals surface area contributed by atoms with Crippen molar-refractivity contribution in [3.8, 4) is 0 Å². The fraction of sp³-hybridized carbons (Fsp3) is 0.0833. The van der Waals surface area contributed by atoms with E-state index in [0.29, 0.717) is 10.7 Å². The Morgan fingerprint density at radius 2 is 2.12 bits per heavy atom. The molecule has 0 fully saturated rings. The number of aromatic carboxylic acids is 1. The van der Waals surface area contributed by atoms with Gasteiger partial charge in [-0.2, -0.15) is 0 Å². The zero-order valence-electron chi connectivity index (χ0n) is 8.90. The predicted octanol–water partition coefficient (Wildman–Crippen LogP) is 3.74. The van der Waals surface area contributed by atoms with E-state index in [4.69, 9.17) is 16.7 Å². The number of carboxylic acids is 1. The summed E-state index contributed by atoms with van der Waals surface area (Å²) in [7, 11) is 1.77. The lowest BCUT2D eigenvalue weighted by Gasteiger charge is -1.99. The Kier molecular flexibility index (Phi) is 2.18. The molecule has 0 aliphatic rings. The second kappa shape index (κ2) is 3.48. The highest BCUT2D eigenvalue weighted by Gasteiger charge is 2.16. The average molecular weight is 266 g/mol. The van der Waals surface area contributed by atoms with Crippen LogP contribution in [0.5, 0.6) is 0 Å². The molecule has 0 unspecified atom stereocenters. The lowest BCUT2D eigenvalue weighted by Crippen LogP contribution is -2.03. The summed E-state index contributed by atoms with van der Waals surface area (Å²) in [5, 5.41) is 10.8. The minimum atomic E-state index is -0.905. The van der Waals surface area contributed by atoms with Gasteiger partial charge < -0.3 is 9.67 Å². The lowest BCUT2D eigenvalue weighted by molar-refractivity contribution is 0.0687. The SMILES string of the molecule is Cn1c(C(=O)O)cc2sc3cc(Cl)ccc3c21. The molecule has 3 aromatic rings. The smallest absolute Gasteiger partial charge is 0.352 e. The van der Waals surface area contributed by atoms with E-state index in [0.717, 1.165) is 20.3 Å². The van der Waals surface area contributed by atoms with Crippen LogP contribution < -0.4 is 0 Å². The molecular formula is C12H8ClNO2S. The van der Waals surface area contributed by atoms with Gasteiger partial charge in [-0.05, 0) is 24.3 Å². The molecular weight excluding hydrogens is 258 g/mol. The number of aromatic nitrogens is 1. The molecule has 2 heterocycles. The van der Waals surface area contributed by atoms with Crippen LogP contribution in [-0.4, -0.2) is 15.6 Å². The molecule has 3 rings (SSSR count). The fourth-order valence-electron chi connectivity index (χ4n) is 2.07. The Morgan fingerprint density at radius 1 is 1.35 bits per heavy atom. The number of hydrogen-bond acceptors (Lipinski definition) is 2. The monoisotopic (exact) mass is 265 g/mol. The molecule has 0 radical (unpaired) electrons. The van der Waals surface area contributed by atoms with E-state index in [2.05, 4.69) is 0 Å². The van der Waals surface area contributed by atoms with Crippen LogP contribution in [0.4, 0.5) is 0 Å². The summed E-state index contributed by atoms with van der Waals surface area (Å²) >= 11 is 7.50. The van der Waals surface area contributed by atoms with Gasteiger partial charge in [0.1, 0.15) is 5.69 Å². The van der Waals surface area contributed by atoms with E-state index in [1.165, 1.54) is 0 Å². The van der Waals surface area contributed by atoms with Gasteiger partial charge in [0.05, 0.1) is 10.2 Å². The number of halogens is 1. The molecule has 1 N–H and O–H groups in total. The molecule has 5 heteroatoms. The van der Waals surface area contributed by atoms with Crippen molar-refractivity contribution in [2.45, 2.75) is 0 Å². The molecule has 2 aromatic heterocycles. The summed E-state index contributed by atoms with van der Waals surface area (Å²) in [6, 6.07) is 7.36. The van der Waals surface area contributed by atoms with Crippen molar-refractivity contribution in [1.82, 2.24) is 4.57 Å². The van der Waals surface area contributed by atoms with E-state index >= 15 is 0 Å². The van der Waals surface area contributed by atoms with Gasteiger partial charge in [0.25, 0.3) is 0 Å². The van der Waals surface area contributed by atoms with E-state index in [1.54, 1.807) is 29.0 Å². The number of rotatable bonds is 1. The molecule has 0 saturated heterocycles. The molecule has 0 aliphatic heterocycles. The first kappa shape index (κ1) is 10.6. The summed E-state index contributed by atoms with van der Waals surface area (Å²) in [6.45, 7) is 0. The highest BCUT2D eigenvalue weighted by Crippen LogP contribution is 2.36. The maximum absolute atomic E-state index is 11.0. The molecule has 86 valence electrons. The third-order valence-electron chi connectivity index (χ3n) is 2.84. The maximum Gasteiger partial charge on any atom is 0.352 e. The molecule has 17 heavy (non-hydrogen) atoms. The first-order valence-corrected chi connectivity index (χ1v) is 6.18. The number of carboxylic acid groups (broad SMARTS) is 1. The second-order valence-corrected chi connectivity index (χ2v) is 5.37. The number of aryl methyl sites for hydroxylation is 1. The Hall–Kier alpha value is -1.52. The number of benzene rings is 1. The van der Waals surface area contributed by atoms with Crippen LogP contribution in [0.3, 0.4) is 0 Å². The van der Waals surface area contributed by atoms with Gasteiger partial charge in [0.2, 0.25) is 0 Å². The van der Waals surface area contributed by atoms with Gasteiger partial charge >= 0.3 is 5.97 Å². The van der Waals surface area contributed by atoms with Gasteiger partial charge in [0.15, 0.2) is 0 Å². The number of nitrogens with zero attached hydrogens (tertiary/aromatic N) is 1. The molecule has 0 aliphatic carbocycles. The van der Waals surface area contributed by atoms with Crippen molar-refractivity contribution >= 4 is 49.2 Å². The Morgan fingerprint density at radius 3 is 2.82 bits per heavy atom. The summed E-state index contributed by atoms with van der Waals surface area (Å²) in [4.78, 5) is 11.0. The predicted molar refractivity (Wildman–Crippen MR) is 70.3 cm³/mol. The van der Waals surface area contributed by atoms with Gasteiger partial charge in [-0.25, -0.2) is 4.79 Å². The molecule has 0 saturated carbocycles. The van der Waals surface area contributed by atoms with Gasteiger partial charge in [0, 0.05) is 22.2 Å². The average Bonchev–Trinajstić information content (AvgIpc) is 2.75. The van der Waals surface area contributed by atoms with Crippen LogP contribution in [-0.2, 0) is 7.05 Å². The van der Waals surface area contributed by atoms with Crippen molar-refractivity contribution in [1.29, 1.82) is 0 Å². The largest absolute Gasteiger partial charge is 0.477 e. The highest BCUT2D eigenvalue weighted by molar-refractivity contribution is 7.25. The van der Waals surface area contributed by atoms with Gasteiger partial charge in [-0.1, -0.05) is 11.6 Å². The first-order chi connectivity index (χ1) is 8.08. The van der Waals surface area contributed by atoms with Crippen molar-refractivity contribution in [3.63, 3.8) is 0 Å². The summed E-state index contributed by atoms with van der Waals surface area (Å²) in [5.41, 5.74) is 1.27. The standard InChI is InChI=1S/C12H8ClNO2S/c1-14-8(12(15)16)5-10-11(14)7-3-2-6(13)4-9(7)17-10/h2-5H,1H3,(H,15,16). The van der Waals surface area contributed by atoms with E-state index < -0.39 is 5.97 Å². The van der Waals surface area contributed by atoms with Crippen LogP contribution in [0.2, 0.25) is 5.02 Å². The summed E-state index contributed by atoms with van der Waals surface area (Å²) in [5.74, 6) is -0.905. The number of thiophene rings is 1. The summed E-state index contributed by atoms with van der Waals surface area (Å²) in [6.07, 6.45) is 0. The number of carbonyl (C=O) groups is 1. The third kappa shape index (κ3) is 1.45. The molecule has 0 spiro atoms. The van der Waals surface area contributed by atoms with E-state index in [-0.39, 0.29) is 0 Å². The van der Waals surface area contributed by atoms with Crippen LogP contribution in [0.1, 0.15) is 10.5 Å². The van der Waals surface area contributed by atoms with Crippen LogP contribution >= 0.6 is 22.9 Å². The topological polar surface area (TPSA) is 42.2 Å². The van der Waals surface area contributed by atoms with Crippen LogP contribution in [0.15, 0.2) is 24.3 Å². The Labute approximate surface area is 106 Å². The molecule has 1 aromatic carbocycles. The molecule has 3 nitrogen and oxygen atoms in total. The minimum Gasteiger partial charge on any atom is -0.477 e. The minimum absolute atomic E-state index is 0.308. The quantitative estimate of drug-likeness (QED) is 0.728. The van der Waals surface area contributed by atoms with Crippen LogP contribution in [0, 0.1) is 0 Å². The zero-order chi connectivity index (χ0) is 12.2. The third-order valence-corrected chi connectivity index (χ3v) is 4.16. The maximum atomic E-state index is 11.0. The van der Waals surface area contributed by atoms with Crippen molar-refractivity contribution in [2.24, 2.45) is 7.05 Å². The van der Waals surface area contributed by atoms with Crippen molar-refractivity contribution < 1.29 is 9.90 Å². The first-order valence-electron chi connectivity index (χ1n) is 4.98.